The van der Waals surface area contributed by atoms with Crippen LogP contribution in [-0.2, 0) is 14.3 Å². The number of amides is 2. The average molecular weight is 248 g/mol. The minimum atomic E-state index is -1.67. The Balaban J connectivity index is 4.17. The van der Waals surface area contributed by atoms with Crippen molar-refractivity contribution in [2.24, 2.45) is 0 Å². The first-order chi connectivity index (χ1) is 7.92. The summed E-state index contributed by atoms with van der Waals surface area (Å²) in [6.45, 7) is 1.24. The molecule has 0 fully saturated rings. The Kier molecular flexibility index (Phi) is 6.64. The van der Waals surface area contributed by atoms with Crippen LogP contribution in [0.1, 0.15) is 6.92 Å². The lowest BCUT2D eigenvalue weighted by Gasteiger charge is -2.20. The van der Waals surface area contributed by atoms with Gasteiger partial charge < -0.3 is 25.2 Å². The molecule has 8 nitrogen and oxygen atoms in total. The Labute approximate surface area is 98.2 Å². The molecule has 0 aliphatic heterocycles. The highest BCUT2D eigenvalue weighted by atomic mass is 16.5. The second-order valence-corrected chi connectivity index (χ2v) is 3.13. The monoisotopic (exact) mass is 248 g/mol. The molecule has 0 bridgehead atoms. The normalized spacial score (nSPS) is 11.5. The molecule has 0 saturated heterocycles. The second kappa shape index (κ2) is 7.44. The molecule has 0 aromatic heterocycles. The topological polar surface area (TPSA) is 116 Å². The van der Waals surface area contributed by atoms with E-state index in [0.717, 1.165) is 4.90 Å². The number of ether oxygens (including phenoxy) is 1. The molecule has 1 unspecified atom stereocenters. The maximum Gasteiger partial charge on any atom is 0.334 e. The van der Waals surface area contributed by atoms with Gasteiger partial charge in [0.05, 0.1) is 13.7 Å². The van der Waals surface area contributed by atoms with Gasteiger partial charge in [-0.1, -0.05) is 0 Å². The number of aliphatic hydroxyl groups is 1. The van der Waals surface area contributed by atoms with E-state index in [9.17, 15) is 14.4 Å². The van der Waals surface area contributed by atoms with Crippen LogP contribution in [0.4, 0.5) is 4.79 Å². The summed E-state index contributed by atoms with van der Waals surface area (Å²) in [7, 11) is 1.20. The number of likely N-dealkylation sites (N-methyl/N-ethyl adjacent to an activating group) is 1. The van der Waals surface area contributed by atoms with Gasteiger partial charge in [-0.2, -0.15) is 0 Å². The van der Waals surface area contributed by atoms with Crippen molar-refractivity contribution in [3.8, 4) is 0 Å². The first-order valence-electron chi connectivity index (χ1n) is 4.92. The van der Waals surface area contributed by atoms with Gasteiger partial charge in [0, 0.05) is 6.54 Å². The van der Waals surface area contributed by atoms with Crippen molar-refractivity contribution >= 4 is 18.0 Å². The summed E-state index contributed by atoms with van der Waals surface area (Å²) in [6, 6.07) is -0.641. The number of aliphatic carboxylic acids is 1. The number of methoxy groups -OCH3 is 1. The van der Waals surface area contributed by atoms with Crippen molar-refractivity contribution in [3.63, 3.8) is 0 Å². The molecule has 0 rings (SSSR count). The second-order valence-electron chi connectivity index (χ2n) is 3.13. The molecule has 1 atom stereocenters. The molecule has 8 heteroatoms. The van der Waals surface area contributed by atoms with E-state index in [1.807, 2.05) is 0 Å². The van der Waals surface area contributed by atoms with E-state index in [2.05, 4.69) is 10.1 Å². The third-order valence-electron chi connectivity index (χ3n) is 1.95. The highest BCUT2D eigenvalue weighted by molar-refractivity contribution is 5.81. The van der Waals surface area contributed by atoms with Crippen molar-refractivity contribution in [2.75, 3.05) is 26.7 Å². The fraction of sp³-hybridized carbons (Fsp3) is 0.667. The molecule has 0 spiro atoms. The third kappa shape index (κ3) is 5.71. The van der Waals surface area contributed by atoms with Gasteiger partial charge >= 0.3 is 18.0 Å². The van der Waals surface area contributed by atoms with Gasteiger partial charge in [0.1, 0.15) is 6.54 Å². The van der Waals surface area contributed by atoms with Gasteiger partial charge in [0.2, 0.25) is 0 Å². The Morgan fingerprint density at radius 2 is 2.00 bits per heavy atom. The fourth-order valence-electron chi connectivity index (χ4n) is 0.931. The predicted molar refractivity (Wildman–Crippen MR) is 56.3 cm³/mol. The molecule has 2 amide bonds. The van der Waals surface area contributed by atoms with Crippen LogP contribution in [0, 0.1) is 0 Å². The SMILES string of the molecule is CCN(CC(=O)OC)C(=O)NCC(O)C(=O)O. The minimum absolute atomic E-state index is 0.234. The summed E-state index contributed by atoms with van der Waals surface area (Å²) in [5.41, 5.74) is 0. The van der Waals surface area contributed by atoms with Crippen LogP contribution in [-0.4, -0.2) is 65.9 Å². The average Bonchev–Trinajstić information content (AvgIpc) is 2.31. The van der Waals surface area contributed by atoms with Gasteiger partial charge in [-0.15, -0.1) is 0 Å². The first-order valence-corrected chi connectivity index (χ1v) is 4.92. The number of hydrogen-bond donors (Lipinski definition) is 3. The van der Waals surface area contributed by atoms with Crippen LogP contribution < -0.4 is 5.32 Å². The molecule has 0 aromatic carbocycles. The smallest absolute Gasteiger partial charge is 0.334 e. The summed E-state index contributed by atoms with van der Waals surface area (Å²) in [6.07, 6.45) is -1.67. The number of nitrogens with zero attached hydrogens (tertiary/aromatic N) is 1. The van der Waals surface area contributed by atoms with Crippen LogP contribution in [0.5, 0.6) is 0 Å². The first kappa shape index (κ1) is 15.2. The highest BCUT2D eigenvalue weighted by Crippen LogP contribution is 1.91. The van der Waals surface area contributed by atoms with Gasteiger partial charge in [-0.3, -0.25) is 4.79 Å². The van der Waals surface area contributed by atoms with Crippen LogP contribution in [0.15, 0.2) is 0 Å². The lowest BCUT2D eigenvalue weighted by Crippen LogP contribution is -2.46. The lowest BCUT2D eigenvalue weighted by molar-refractivity contribution is -0.146. The van der Waals surface area contributed by atoms with Gasteiger partial charge in [0.25, 0.3) is 0 Å². The third-order valence-corrected chi connectivity index (χ3v) is 1.95. The number of carbonyl (C=O) groups is 3. The van der Waals surface area contributed by atoms with Crippen molar-refractivity contribution in [1.29, 1.82) is 0 Å². The van der Waals surface area contributed by atoms with Gasteiger partial charge in [-0.05, 0) is 6.92 Å². The zero-order chi connectivity index (χ0) is 13.4. The molecular formula is C9H16N2O6. The van der Waals surface area contributed by atoms with E-state index < -0.39 is 30.6 Å². The Morgan fingerprint density at radius 3 is 2.41 bits per heavy atom. The molecule has 0 saturated carbocycles. The Morgan fingerprint density at radius 1 is 1.41 bits per heavy atom. The molecule has 3 N–H and O–H groups in total. The van der Waals surface area contributed by atoms with E-state index in [1.54, 1.807) is 6.92 Å². The summed E-state index contributed by atoms with van der Waals surface area (Å²) in [4.78, 5) is 33.8. The molecule has 0 heterocycles. The van der Waals surface area contributed by atoms with Crippen LogP contribution in [0.2, 0.25) is 0 Å². The predicted octanol–water partition coefficient (Wildman–Crippen LogP) is -1.36. The number of carbonyl (C=O) groups excluding carboxylic acids is 2. The van der Waals surface area contributed by atoms with Gasteiger partial charge in [-0.25, -0.2) is 9.59 Å². The summed E-state index contributed by atoms with van der Waals surface area (Å²) >= 11 is 0. The number of esters is 1. The molecule has 0 radical (unpaired) electrons. The Bertz CT molecular complexity index is 293. The van der Waals surface area contributed by atoms with Crippen molar-refractivity contribution in [2.45, 2.75) is 13.0 Å². The number of urea groups is 1. The zero-order valence-corrected chi connectivity index (χ0v) is 9.67. The number of carboxylic acid groups (broad SMARTS) is 1. The summed E-state index contributed by atoms with van der Waals surface area (Å²) < 4.78 is 4.39. The van der Waals surface area contributed by atoms with E-state index in [4.69, 9.17) is 10.2 Å². The molecular weight excluding hydrogens is 232 g/mol. The van der Waals surface area contributed by atoms with E-state index in [0.29, 0.717) is 0 Å². The number of nitrogens with one attached hydrogen (secondary N) is 1. The van der Waals surface area contributed by atoms with Crippen molar-refractivity contribution in [3.05, 3.63) is 0 Å². The van der Waals surface area contributed by atoms with Crippen LogP contribution >= 0.6 is 0 Å². The van der Waals surface area contributed by atoms with Crippen LogP contribution in [0.25, 0.3) is 0 Å². The Hall–Kier alpha value is -1.83. The van der Waals surface area contributed by atoms with Crippen LogP contribution in [0.3, 0.4) is 0 Å². The molecule has 17 heavy (non-hydrogen) atoms. The van der Waals surface area contributed by atoms with E-state index in [1.165, 1.54) is 7.11 Å². The minimum Gasteiger partial charge on any atom is -0.479 e. The zero-order valence-electron chi connectivity index (χ0n) is 9.67. The van der Waals surface area contributed by atoms with E-state index >= 15 is 0 Å². The number of hydrogen-bond acceptors (Lipinski definition) is 5. The largest absolute Gasteiger partial charge is 0.479 e. The number of aliphatic hydroxyl groups excluding tert-OH is 1. The quantitative estimate of drug-likeness (QED) is 0.500. The standard InChI is InChI=1S/C9H16N2O6/c1-3-11(5-7(13)17-2)9(16)10-4-6(12)8(14)15/h6,12H,3-5H2,1-2H3,(H,10,16)(H,14,15). The summed E-state index contributed by atoms with van der Waals surface area (Å²) in [5.74, 6) is -2.01. The van der Waals surface area contributed by atoms with Crippen molar-refractivity contribution in [1.82, 2.24) is 10.2 Å². The number of carboxylic acids is 1. The lowest BCUT2D eigenvalue weighted by atomic mass is 10.3. The maximum absolute atomic E-state index is 11.5. The fourth-order valence-corrected chi connectivity index (χ4v) is 0.931. The molecule has 0 aliphatic rings. The van der Waals surface area contributed by atoms with E-state index in [-0.39, 0.29) is 13.1 Å². The maximum atomic E-state index is 11.5. The highest BCUT2D eigenvalue weighted by Gasteiger charge is 2.18. The van der Waals surface area contributed by atoms with Gasteiger partial charge in [0.15, 0.2) is 6.10 Å². The number of rotatable bonds is 6. The molecule has 98 valence electrons. The molecule has 0 aliphatic carbocycles. The van der Waals surface area contributed by atoms with Crippen molar-refractivity contribution < 1.29 is 29.3 Å². The summed E-state index contributed by atoms with van der Waals surface area (Å²) in [5, 5.41) is 19.5. The molecule has 0 aromatic rings.